The van der Waals surface area contributed by atoms with Gasteiger partial charge in [0.2, 0.25) is 0 Å². The van der Waals surface area contributed by atoms with E-state index in [1.165, 1.54) is 6.42 Å². The van der Waals surface area contributed by atoms with Crippen molar-refractivity contribution in [2.75, 3.05) is 0 Å². The van der Waals surface area contributed by atoms with E-state index in [0.29, 0.717) is 12.0 Å². The second-order valence-electron chi connectivity index (χ2n) is 3.85. The first kappa shape index (κ1) is 8.02. The third-order valence-electron chi connectivity index (χ3n) is 2.94. The van der Waals surface area contributed by atoms with E-state index in [1.54, 1.807) is 0 Å². The molecule has 3 atom stereocenters. The lowest BCUT2D eigenvalue weighted by atomic mass is 9.73. The van der Waals surface area contributed by atoms with E-state index in [4.69, 9.17) is 11.5 Å². The third-order valence-corrected chi connectivity index (χ3v) is 2.94. The van der Waals surface area contributed by atoms with E-state index in [0.717, 1.165) is 12.8 Å². The van der Waals surface area contributed by atoms with Gasteiger partial charge in [0.05, 0.1) is 0 Å². The van der Waals surface area contributed by atoms with Crippen molar-refractivity contribution < 1.29 is 0 Å². The molecule has 0 radical (unpaired) electrons. The van der Waals surface area contributed by atoms with Crippen LogP contribution in [0.3, 0.4) is 0 Å². The summed E-state index contributed by atoms with van der Waals surface area (Å²) in [6.45, 7) is 4.26. The van der Waals surface area contributed by atoms with E-state index >= 15 is 0 Å². The van der Waals surface area contributed by atoms with Crippen LogP contribution in [-0.4, -0.2) is 11.6 Å². The Balaban J connectivity index is 2.60. The van der Waals surface area contributed by atoms with Gasteiger partial charge in [-0.25, -0.2) is 0 Å². The van der Waals surface area contributed by atoms with E-state index in [-0.39, 0.29) is 5.54 Å². The van der Waals surface area contributed by atoms with Crippen LogP contribution < -0.4 is 11.5 Å². The molecule has 4 N–H and O–H groups in total. The number of hydrogen-bond donors (Lipinski definition) is 2. The van der Waals surface area contributed by atoms with E-state index < -0.39 is 0 Å². The first-order chi connectivity index (χ1) is 4.54. The molecular weight excluding hydrogens is 124 g/mol. The zero-order chi connectivity index (χ0) is 7.78. The molecule has 60 valence electrons. The molecule has 1 aliphatic carbocycles. The average molecular weight is 142 g/mol. The second kappa shape index (κ2) is 2.51. The van der Waals surface area contributed by atoms with Gasteiger partial charge in [0.15, 0.2) is 0 Å². The van der Waals surface area contributed by atoms with Crippen molar-refractivity contribution in [2.24, 2.45) is 17.4 Å². The van der Waals surface area contributed by atoms with Crippen molar-refractivity contribution in [3.8, 4) is 0 Å². The predicted octanol–water partition coefficient (Wildman–Crippen LogP) is 0.851. The Morgan fingerprint density at radius 2 is 2.10 bits per heavy atom. The second-order valence-corrected chi connectivity index (χ2v) is 3.85. The molecule has 0 saturated heterocycles. The standard InChI is InChI=1S/C8H18N2/c1-6-7(9)4-3-5-8(6,2)10/h6-7H,3-5,9-10H2,1-2H3. The van der Waals surface area contributed by atoms with Crippen molar-refractivity contribution in [3.63, 3.8) is 0 Å². The quantitative estimate of drug-likeness (QED) is 0.527. The highest BCUT2D eigenvalue weighted by Crippen LogP contribution is 2.29. The lowest BCUT2D eigenvalue weighted by Crippen LogP contribution is -2.53. The summed E-state index contributed by atoms with van der Waals surface area (Å²) in [6.07, 6.45) is 3.47. The van der Waals surface area contributed by atoms with Gasteiger partial charge in [-0.1, -0.05) is 13.3 Å². The van der Waals surface area contributed by atoms with Gasteiger partial charge in [-0.05, 0) is 25.7 Å². The molecule has 0 amide bonds. The molecule has 1 saturated carbocycles. The topological polar surface area (TPSA) is 52.0 Å². The van der Waals surface area contributed by atoms with Gasteiger partial charge in [-0.2, -0.15) is 0 Å². The maximum Gasteiger partial charge on any atom is 0.0166 e. The molecule has 0 aliphatic heterocycles. The van der Waals surface area contributed by atoms with Crippen LogP contribution in [0, 0.1) is 5.92 Å². The SMILES string of the molecule is CC1C(N)CCCC1(C)N. The Bertz CT molecular complexity index is 120. The molecule has 0 bridgehead atoms. The molecule has 3 unspecified atom stereocenters. The van der Waals surface area contributed by atoms with Gasteiger partial charge in [-0.3, -0.25) is 0 Å². The molecule has 1 aliphatic rings. The Labute approximate surface area is 63.0 Å². The molecule has 0 aromatic rings. The van der Waals surface area contributed by atoms with Gasteiger partial charge in [0.25, 0.3) is 0 Å². The molecule has 0 aromatic carbocycles. The maximum atomic E-state index is 6.03. The predicted molar refractivity (Wildman–Crippen MR) is 43.6 cm³/mol. The normalized spacial score (nSPS) is 49.2. The summed E-state index contributed by atoms with van der Waals surface area (Å²) in [7, 11) is 0. The lowest BCUT2D eigenvalue weighted by Gasteiger charge is -2.40. The molecule has 0 spiro atoms. The molecular formula is C8H18N2. The largest absolute Gasteiger partial charge is 0.327 e. The zero-order valence-corrected chi connectivity index (χ0v) is 6.93. The summed E-state index contributed by atoms with van der Waals surface area (Å²) in [5.74, 6) is 0.473. The smallest absolute Gasteiger partial charge is 0.0166 e. The first-order valence-corrected chi connectivity index (χ1v) is 4.08. The number of nitrogens with two attached hydrogens (primary N) is 2. The van der Waals surface area contributed by atoms with Crippen LogP contribution in [0.15, 0.2) is 0 Å². The van der Waals surface area contributed by atoms with Crippen molar-refractivity contribution in [1.82, 2.24) is 0 Å². The van der Waals surface area contributed by atoms with Crippen LogP contribution >= 0.6 is 0 Å². The first-order valence-electron chi connectivity index (χ1n) is 4.08. The summed E-state index contributed by atoms with van der Waals surface area (Å²) in [5, 5.41) is 0. The van der Waals surface area contributed by atoms with Crippen molar-refractivity contribution in [2.45, 2.75) is 44.7 Å². The minimum Gasteiger partial charge on any atom is -0.327 e. The summed E-state index contributed by atoms with van der Waals surface area (Å²) in [5.41, 5.74) is 11.9. The monoisotopic (exact) mass is 142 g/mol. The van der Waals surface area contributed by atoms with Gasteiger partial charge in [0, 0.05) is 11.6 Å². The summed E-state index contributed by atoms with van der Waals surface area (Å²) < 4.78 is 0. The highest BCUT2D eigenvalue weighted by molar-refractivity contribution is 4.94. The Morgan fingerprint density at radius 3 is 2.50 bits per heavy atom. The number of hydrogen-bond acceptors (Lipinski definition) is 2. The third kappa shape index (κ3) is 1.32. The van der Waals surface area contributed by atoms with E-state index in [1.807, 2.05) is 0 Å². The zero-order valence-electron chi connectivity index (χ0n) is 6.93. The van der Waals surface area contributed by atoms with Crippen molar-refractivity contribution >= 4 is 0 Å². The summed E-state index contributed by atoms with van der Waals surface area (Å²) >= 11 is 0. The Kier molecular flexibility index (Phi) is 2.02. The highest BCUT2D eigenvalue weighted by atomic mass is 14.8. The van der Waals surface area contributed by atoms with Crippen molar-refractivity contribution in [3.05, 3.63) is 0 Å². The molecule has 2 nitrogen and oxygen atoms in total. The van der Waals surface area contributed by atoms with Crippen LogP contribution in [-0.2, 0) is 0 Å². The summed E-state index contributed by atoms with van der Waals surface area (Å²) in [6, 6.07) is 0.323. The van der Waals surface area contributed by atoms with Gasteiger partial charge >= 0.3 is 0 Å². The van der Waals surface area contributed by atoms with Crippen LogP contribution in [0.2, 0.25) is 0 Å². The molecule has 0 aromatic heterocycles. The minimum atomic E-state index is -0.0162. The fourth-order valence-electron chi connectivity index (χ4n) is 1.69. The van der Waals surface area contributed by atoms with Gasteiger partial charge in [0.1, 0.15) is 0 Å². The van der Waals surface area contributed by atoms with E-state index in [9.17, 15) is 0 Å². The highest BCUT2D eigenvalue weighted by Gasteiger charge is 2.34. The summed E-state index contributed by atoms with van der Waals surface area (Å²) in [4.78, 5) is 0. The van der Waals surface area contributed by atoms with Crippen LogP contribution in [0.4, 0.5) is 0 Å². The molecule has 0 heterocycles. The van der Waals surface area contributed by atoms with E-state index in [2.05, 4.69) is 13.8 Å². The maximum absolute atomic E-state index is 6.03. The number of rotatable bonds is 0. The molecule has 10 heavy (non-hydrogen) atoms. The van der Waals surface area contributed by atoms with Crippen molar-refractivity contribution in [1.29, 1.82) is 0 Å². The van der Waals surface area contributed by atoms with Crippen LogP contribution in [0.25, 0.3) is 0 Å². The lowest BCUT2D eigenvalue weighted by molar-refractivity contribution is 0.197. The fourth-order valence-corrected chi connectivity index (χ4v) is 1.69. The molecule has 1 rings (SSSR count). The minimum absolute atomic E-state index is 0.0162. The Hall–Kier alpha value is -0.0800. The average Bonchev–Trinajstić information content (AvgIpc) is 1.83. The van der Waals surface area contributed by atoms with Gasteiger partial charge < -0.3 is 11.5 Å². The van der Waals surface area contributed by atoms with Crippen LogP contribution in [0.1, 0.15) is 33.1 Å². The molecule has 1 fully saturated rings. The Morgan fingerprint density at radius 1 is 1.50 bits per heavy atom. The van der Waals surface area contributed by atoms with Crippen LogP contribution in [0.5, 0.6) is 0 Å². The van der Waals surface area contributed by atoms with Gasteiger partial charge in [-0.15, -0.1) is 0 Å². The fraction of sp³-hybridized carbons (Fsp3) is 1.00. The molecule has 2 heteroatoms.